The molecule has 0 saturated heterocycles. The van der Waals surface area contributed by atoms with Crippen LogP contribution in [-0.4, -0.2) is 37.5 Å². The molecular weight excluding hydrogens is 200 g/mol. The van der Waals surface area contributed by atoms with Gasteiger partial charge in [0.1, 0.15) is 0 Å². The zero-order valence-electron chi connectivity index (χ0n) is 10.7. The third-order valence-electron chi connectivity index (χ3n) is 4.28. The molecule has 4 unspecified atom stereocenters. The zero-order chi connectivity index (χ0) is 11.7. The Hall–Kier alpha value is -0.570. The van der Waals surface area contributed by atoms with Crippen LogP contribution in [0.2, 0.25) is 0 Å². The minimum atomic E-state index is 0.167. The first-order chi connectivity index (χ1) is 7.56. The molecule has 92 valence electrons. The summed E-state index contributed by atoms with van der Waals surface area (Å²) >= 11 is 0. The largest absolute Gasteiger partial charge is 0.352 e. The van der Waals surface area contributed by atoms with Crippen LogP contribution in [0.15, 0.2) is 0 Å². The van der Waals surface area contributed by atoms with Crippen LogP contribution in [0.3, 0.4) is 0 Å². The summed E-state index contributed by atoms with van der Waals surface area (Å²) in [6.07, 6.45) is 5.58. The Morgan fingerprint density at radius 1 is 1.38 bits per heavy atom. The van der Waals surface area contributed by atoms with Gasteiger partial charge in [0.25, 0.3) is 0 Å². The summed E-state index contributed by atoms with van der Waals surface area (Å²) in [6, 6.07) is 0.364. The maximum Gasteiger partial charge on any atom is 0.234 e. The van der Waals surface area contributed by atoms with E-state index in [4.69, 9.17) is 0 Å². The van der Waals surface area contributed by atoms with Crippen molar-refractivity contribution in [3.63, 3.8) is 0 Å². The molecule has 0 aromatic rings. The van der Waals surface area contributed by atoms with E-state index >= 15 is 0 Å². The number of rotatable bonds is 4. The van der Waals surface area contributed by atoms with Gasteiger partial charge in [-0.3, -0.25) is 4.79 Å². The van der Waals surface area contributed by atoms with Crippen LogP contribution in [0.1, 0.15) is 32.6 Å². The highest BCUT2D eigenvalue weighted by Gasteiger charge is 2.42. The molecule has 2 aliphatic rings. The molecule has 1 N–H and O–H groups in total. The minimum Gasteiger partial charge on any atom is -0.352 e. The molecule has 4 atom stereocenters. The number of amides is 1. The summed E-state index contributed by atoms with van der Waals surface area (Å²) in [5.41, 5.74) is 0. The van der Waals surface area contributed by atoms with Gasteiger partial charge in [-0.1, -0.05) is 6.42 Å². The van der Waals surface area contributed by atoms with E-state index < -0.39 is 0 Å². The number of hydrogen-bond acceptors (Lipinski definition) is 2. The quantitative estimate of drug-likeness (QED) is 0.784. The monoisotopic (exact) mass is 224 g/mol. The Labute approximate surface area is 98.6 Å². The highest BCUT2D eigenvalue weighted by Crippen LogP contribution is 2.49. The van der Waals surface area contributed by atoms with Gasteiger partial charge in [0, 0.05) is 6.04 Å². The Kier molecular flexibility index (Phi) is 3.53. The minimum absolute atomic E-state index is 0.167. The molecule has 0 heterocycles. The van der Waals surface area contributed by atoms with Crippen LogP contribution < -0.4 is 5.32 Å². The molecule has 0 aromatic heterocycles. The fourth-order valence-corrected chi connectivity index (χ4v) is 3.60. The van der Waals surface area contributed by atoms with Crippen molar-refractivity contribution in [2.24, 2.45) is 17.8 Å². The van der Waals surface area contributed by atoms with Crippen molar-refractivity contribution in [1.82, 2.24) is 10.2 Å². The molecular formula is C13H24N2O. The molecule has 2 bridgehead atoms. The predicted molar refractivity (Wildman–Crippen MR) is 65.1 cm³/mol. The normalized spacial score (nSPS) is 34.4. The number of likely N-dealkylation sites (N-methyl/N-ethyl adjacent to an activating group) is 1. The molecule has 3 nitrogen and oxygen atoms in total. The van der Waals surface area contributed by atoms with Gasteiger partial charge in [-0.05, 0) is 58.0 Å². The molecule has 2 saturated carbocycles. The van der Waals surface area contributed by atoms with Gasteiger partial charge in [0.15, 0.2) is 0 Å². The van der Waals surface area contributed by atoms with Gasteiger partial charge >= 0.3 is 0 Å². The van der Waals surface area contributed by atoms with Crippen molar-refractivity contribution in [2.45, 2.75) is 38.6 Å². The first kappa shape index (κ1) is 11.9. The summed E-state index contributed by atoms with van der Waals surface area (Å²) in [6.45, 7) is 2.68. The summed E-state index contributed by atoms with van der Waals surface area (Å²) in [5.74, 6) is 2.76. The zero-order valence-corrected chi connectivity index (χ0v) is 10.7. The lowest BCUT2D eigenvalue weighted by atomic mass is 9.84. The predicted octanol–water partition coefficient (Wildman–Crippen LogP) is 1.49. The Morgan fingerprint density at radius 3 is 2.62 bits per heavy atom. The Morgan fingerprint density at radius 2 is 2.12 bits per heavy atom. The van der Waals surface area contributed by atoms with Crippen molar-refractivity contribution >= 4 is 5.91 Å². The van der Waals surface area contributed by atoms with E-state index in [1.54, 1.807) is 0 Å². The highest BCUT2D eigenvalue weighted by atomic mass is 16.2. The van der Waals surface area contributed by atoms with E-state index in [-0.39, 0.29) is 5.91 Å². The lowest BCUT2D eigenvalue weighted by Gasteiger charge is -2.28. The molecule has 0 aliphatic heterocycles. The van der Waals surface area contributed by atoms with Crippen LogP contribution in [0.5, 0.6) is 0 Å². The summed E-state index contributed by atoms with van der Waals surface area (Å²) < 4.78 is 0. The van der Waals surface area contributed by atoms with Crippen LogP contribution in [-0.2, 0) is 4.79 Å². The van der Waals surface area contributed by atoms with Crippen molar-refractivity contribution in [2.75, 3.05) is 20.6 Å². The SMILES string of the molecule is CC(NC(=O)CN(C)C)C1CC2CCC1C2. The van der Waals surface area contributed by atoms with Crippen LogP contribution >= 0.6 is 0 Å². The van der Waals surface area contributed by atoms with Crippen molar-refractivity contribution in [1.29, 1.82) is 0 Å². The molecule has 1 amide bonds. The topological polar surface area (TPSA) is 32.3 Å². The lowest BCUT2D eigenvalue weighted by Crippen LogP contribution is -2.43. The average molecular weight is 224 g/mol. The molecule has 3 heteroatoms. The maximum absolute atomic E-state index is 11.7. The second-order valence-electron chi connectivity index (χ2n) is 5.93. The number of nitrogens with zero attached hydrogens (tertiary/aromatic N) is 1. The van der Waals surface area contributed by atoms with Crippen LogP contribution in [0.4, 0.5) is 0 Å². The smallest absolute Gasteiger partial charge is 0.234 e. The first-order valence-corrected chi connectivity index (χ1v) is 6.50. The van der Waals surface area contributed by atoms with Gasteiger partial charge in [0.2, 0.25) is 5.91 Å². The Bertz CT molecular complexity index is 265. The van der Waals surface area contributed by atoms with Gasteiger partial charge < -0.3 is 10.2 Å². The molecule has 0 spiro atoms. The highest BCUT2D eigenvalue weighted by molar-refractivity contribution is 5.78. The molecule has 0 aromatic carbocycles. The maximum atomic E-state index is 11.7. The van der Waals surface area contributed by atoms with Crippen LogP contribution in [0, 0.1) is 17.8 Å². The second kappa shape index (κ2) is 4.74. The first-order valence-electron chi connectivity index (χ1n) is 6.50. The van der Waals surface area contributed by atoms with E-state index in [1.165, 1.54) is 25.7 Å². The second-order valence-corrected chi connectivity index (χ2v) is 5.93. The average Bonchev–Trinajstić information content (AvgIpc) is 2.76. The number of nitrogens with one attached hydrogen (secondary N) is 1. The van der Waals surface area contributed by atoms with Gasteiger partial charge in [-0.25, -0.2) is 0 Å². The molecule has 2 rings (SSSR count). The molecule has 2 aliphatic carbocycles. The number of carbonyl (C=O) groups is 1. The fraction of sp³-hybridized carbons (Fsp3) is 0.923. The lowest BCUT2D eigenvalue weighted by molar-refractivity contribution is -0.122. The molecule has 2 fully saturated rings. The van der Waals surface area contributed by atoms with Gasteiger partial charge in [-0.15, -0.1) is 0 Å². The van der Waals surface area contributed by atoms with Crippen molar-refractivity contribution in [3.05, 3.63) is 0 Å². The van der Waals surface area contributed by atoms with Gasteiger partial charge in [-0.2, -0.15) is 0 Å². The van der Waals surface area contributed by atoms with Crippen LogP contribution in [0.25, 0.3) is 0 Å². The molecule has 0 radical (unpaired) electrons. The van der Waals surface area contributed by atoms with E-state index in [9.17, 15) is 4.79 Å². The van der Waals surface area contributed by atoms with E-state index in [1.807, 2.05) is 19.0 Å². The standard InChI is InChI=1S/C13H24N2O/c1-9(14-13(16)8-15(2)3)12-7-10-4-5-11(12)6-10/h9-12H,4-8H2,1-3H3,(H,14,16). The van der Waals surface area contributed by atoms with E-state index in [0.29, 0.717) is 12.6 Å². The van der Waals surface area contributed by atoms with Crippen molar-refractivity contribution < 1.29 is 4.79 Å². The summed E-state index contributed by atoms with van der Waals surface area (Å²) in [7, 11) is 3.86. The van der Waals surface area contributed by atoms with E-state index in [2.05, 4.69) is 12.2 Å². The molecule has 16 heavy (non-hydrogen) atoms. The third-order valence-corrected chi connectivity index (χ3v) is 4.28. The van der Waals surface area contributed by atoms with E-state index in [0.717, 1.165) is 17.8 Å². The van der Waals surface area contributed by atoms with Gasteiger partial charge in [0.05, 0.1) is 6.54 Å². The summed E-state index contributed by atoms with van der Waals surface area (Å²) in [4.78, 5) is 13.6. The number of hydrogen-bond donors (Lipinski definition) is 1. The number of carbonyl (C=O) groups excluding carboxylic acids is 1. The fourth-order valence-electron chi connectivity index (χ4n) is 3.60. The summed E-state index contributed by atoms with van der Waals surface area (Å²) in [5, 5.41) is 3.16. The third kappa shape index (κ3) is 2.57. The Balaban J connectivity index is 1.80. The number of fused-ring (bicyclic) bond motifs is 2. The van der Waals surface area contributed by atoms with Crippen molar-refractivity contribution in [3.8, 4) is 0 Å².